The Bertz CT molecular complexity index is 756. The highest BCUT2D eigenvalue weighted by Crippen LogP contribution is 2.32. The summed E-state index contributed by atoms with van der Waals surface area (Å²) in [5.41, 5.74) is 10.5. The van der Waals surface area contributed by atoms with Crippen LogP contribution in [0.15, 0.2) is 29.6 Å². The number of hydrogen-bond donors (Lipinski definition) is 1. The van der Waals surface area contributed by atoms with Crippen LogP contribution < -0.4 is 5.73 Å². The normalized spacial score (nSPS) is 11.7. The van der Waals surface area contributed by atoms with E-state index in [1.807, 2.05) is 24.3 Å². The monoisotopic (exact) mass is 319 g/mol. The van der Waals surface area contributed by atoms with Crippen LogP contribution in [0.4, 0.5) is 0 Å². The van der Waals surface area contributed by atoms with Crippen LogP contribution in [0.1, 0.15) is 31.2 Å². The number of thiazole rings is 1. The first-order valence-corrected chi connectivity index (χ1v) is 8.32. The molecule has 0 amide bonds. The average Bonchev–Trinajstić information content (AvgIpc) is 3.01. The van der Waals surface area contributed by atoms with Crippen molar-refractivity contribution in [3.05, 3.63) is 46.1 Å². The lowest BCUT2D eigenvalue weighted by molar-refractivity contribution is 0.792. The van der Waals surface area contributed by atoms with E-state index < -0.39 is 0 Å². The quantitative estimate of drug-likeness (QED) is 0.777. The van der Waals surface area contributed by atoms with E-state index in [0.717, 1.165) is 33.4 Å². The molecule has 3 nitrogen and oxygen atoms in total. The Morgan fingerprint density at radius 2 is 2.00 bits per heavy atom. The third-order valence-corrected chi connectivity index (χ3v) is 4.64. The molecule has 0 saturated heterocycles. The van der Waals surface area contributed by atoms with Gasteiger partial charge in [-0.1, -0.05) is 37.6 Å². The number of rotatable bonds is 4. The predicted molar refractivity (Wildman–Crippen MR) is 90.4 cm³/mol. The number of fused-ring (bicyclic) bond motifs is 1. The van der Waals surface area contributed by atoms with E-state index in [4.69, 9.17) is 22.3 Å². The van der Waals surface area contributed by atoms with E-state index in [0.29, 0.717) is 12.5 Å². The first kappa shape index (κ1) is 14.6. The molecular formula is C16H18ClN3S. The number of halogens is 1. The molecule has 5 heteroatoms. The largest absolute Gasteiger partial charge is 0.330 e. The summed E-state index contributed by atoms with van der Waals surface area (Å²) in [6, 6.07) is 7.93. The summed E-state index contributed by atoms with van der Waals surface area (Å²) in [7, 11) is 0. The van der Waals surface area contributed by atoms with Gasteiger partial charge in [-0.25, -0.2) is 4.98 Å². The highest BCUT2D eigenvalue weighted by Gasteiger charge is 2.18. The van der Waals surface area contributed by atoms with Crippen molar-refractivity contribution in [1.29, 1.82) is 0 Å². The fourth-order valence-electron chi connectivity index (χ4n) is 2.59. The Morgan fingerprint density at radius 1 is 1.29 bits per heavy atom. The fourth-order valence-corrected chi connectivity index (χ4v) is 3.64. The molecule has 0 spiro atoms. The van der Waals surface area contributed by atoms with Gasteiger partial charge in [-0.15, -0.1) is 11.3 Å². The summed E-state index contributed by atoms with van der Waals surface area (Å²) in [5, 5.41) is 2.90. The minimum atomic E-state index is 0.400. The van der Waals surface area contributed by atoms with Crippen LogP contribution in [0.2, 0.25) is 5.02 Å². The highest BCUT2D eigenvalue weighted by atomic mass is 35.5. The number of benzene rings is 1. The molecule has 0 unspecified atom stereocenters. The van der Waals surface area contributed by atoms with E-state index in [1.165, 1.54) is 5.69 Å². The molecule has 0 aliphatic rings. The van der Waals surface area contributed by atoms with E-state index in [-0.39, 0.29) is 0 Å². The van der Waals surface area contributed by atoms with Crippen LogP contribution in [0, 0.1) is 0 Å². The smallest absolute Gasteiger partial charge is 0.194 e. The van der Waals surface area contributed by atoms with Crippen LogP contribution in [0.3, 0.4) is 0 Å². The lowest BCUT2D eigenvalue weighted by Gasteiger charge is -2.08. The number of aromatic nitrogens is 2. The molecule has 3 aromatic rings. The Morgan fingerprint density at radius 3 is 2.62 bits per heavy atom. The van der Waals surface area contributed by atoms with E-state index >= 15 is 0 Å². The van der Waals surface area contributed by atoms with Gasteiger partial charge in [-0.05, 0) is 30.2 Å². The summed E-state index contributed by atoms with van der Waals surface area (Å²) in [6.07, 6.45) is 0.839. The van der Waals surface area contributed by atoms with Crippen molar-refractivity contribution >= 4 is 27.9 Å². The molecule has 2 aromatic heterocycles. The van der Waals surface area contributed by atoms with Crippen LogP contribution >= 0.6 is 22.9 Å². The van der Waals surface area contributed by atoms with Crippen molar-refractivity contribution in [3.63, 3.8) is 0 Å². The Kier molecular flexibility index (Phi) is 4.02. The van der Waals surface area contributed by atoms with Gasteiger partial charge in [0.15, 0.2) is 4.96 Å². The lowest BCUT2D eigenvalue weighted by Crippen LogP contribution is -2.08. The van der Waals surface area contributed by atoms with Crippen molar-refractivity contribution in [1.82, 2.24) is 9.38 Å². The van der Waals surface area contributed by atoms with Crippen molar-refractivity contribution < 1.29 is 0 Å². The average molecular weight is 320 g/mol. The predicted octanol–water partition coefficient (Wildman–Crippen LogP) is 4.34. The third kappa shape index (κ3) is 2.59. The van der Waals surface area contributed by atoms with Gasteiger partial charge in [0.1, 0.15) is 0 Å². The highest BCUT2D eigenvalue weighted by molar-refractivity contribution is 7.15. The zero-order chi connectivity index (χ0) is 15.0. The summed E-state index contributed by atoms with van der Waals surface area (Å²) >= 11 is 7.65. The zero-order valence-corrected chi connectivity index (χ0v) is 13.7. The van der Waals surface area contributed by atoms with Gasteiger partial charge >= 0.3 is 0 Å². The molecule has 0 bridgehead atoms. The van der Waals surface area contributed by atoms with Gasteiger partial charge < -0.3 is 5.73 Å². The fraction of sp³-hybridized carbons (Fsp3) is 0.312. The molecule has 2 heterocycles. The molecule has 0 fully saturated rings. The standard InChI is InChI=1S/C16H18ClN3S/c1-10(2)15-13(7-8-18)20-14(9-21-16(20)19-15)11-3-5-12(17)6-4-11/h3-6,9-10H,7-8,18H2,1-2H3. The van der Waals surface area contributed by atoms with Crippen molar-refractivity contribution in [2.24, 2.45) is 5.73 Å². The SMILES string of the molecule is CC(C)c1nc2scc(-c3ccc(Cl)cc3)n2c1CCN. The summed E-state index contributed by atoms with van der Waals surface area (Å²) in [5.74, 6) is 0.400. The second kappa shape index (κ2) is 5.79. The van der Waals surface area contributed by atoms with Crippen molar-refractivity contribution in [3.8, 4) is 11.3 Å². The Hall–Kier alpha value is -1.36. The molecule has 0 radical (unpaired) electrons. The molecule has 110 valence electrons. The van der Waals surface area contributed by atoms with Gasteiger partial charge in [-0.2, -0.15) is 0 Å². The van der Waals surface area contributed by atoms with E-state index in [1.54, 1.807) is 11.3 Å². The summed E-state index contributed by atoms with van der Waals surface area (Å²) < 4.78 is 2.25. The Labute approximate surface area is 133 Å². The van der Waals surface area contributed by atoms with Gasteiger partial charge in [0.2, 0.25) is 0 Å². The van der Waals surface area contributed by atoms with Crippen molar-refractivity contribution in [2.45, 2.75) is 26.2 Å². The van der Waals surface area contributed by atoms with E-state index in [2.05, 4.69) is 23.6 Å². The van der Waals surface area contributed by atoms with E-state index in [9.17, 15) is 0 Å². The van der Waals surface area contributed by atoms with Crippen LogP contribution in [0.5, 0.6) is 0 Å². The number of nitrogens with zero attached hydrogens (tertiary/aromatic N) is 2. The molecule has 1 aromatic carbocycles. The second-order valence-electron chi connectivity index (χ2n) is 5.38. The number of hydrogen-bond acceptors (Lipinski definition) is 3. The van der Waals surface area contributed by atoms with Gasteiger partial charge in [0.05, 0.1) is 11.4 Å². The van der Waals surface area contributed by atoms with Gasteiger partial charge in [0.25, 0.3) is 0 Å². The number of imidazole rings is 1. The van der Waals surface area contributed by atoms with Crippen LogP contribution in [0.25, 0.3) is 16.2 Å². The maximum atomic E-state index is 5.98. The minimum absolute atomic E-state index is 0.400. The number of nitrogens with two attached hydrogens (primary N) is 1. The first-order chi connectivity index (χ1) is 10.1. The Balaban J connectivity index is 2.22. The van der Waals surface area contributed by atoms with Gasteiger partial charge in [0, 0.05) is 22.5 Å². The molecular weight excluding hydrogens is 302 g/mol. The minimum Gasteiger partial charge on any atom is -0.330 e. The molecule has 0 aliphatic heterocycles. The maximum Gasteiger partial charge on any atom is 0.194 e. The first-order valence-electron chi connectivity index (χ1n) is 7.06. The van der Waals surface area contributed by atoms with Crippen LogP contribution in [-0.4, -0.2) is 15.9 Å². The van der Waals surface area contributed by atoms with Crippen molar-refractivity contribution in [2.75, 3.05) is 6.54 Å². The molecule has 21 heavy (non-hydrogen) atoms. The maximum absolute atomic E-state index is 5.98. The topological polar surface area (TPSA) is 43.3 Å². The lowest BCUT2D eigenvalue weighted by atomic mass is 10.1. The summed E-state index contributed by atoms with van der Waals surface area (Å²) in [4.78, 5) is 5.83. The second-order valence-corrected chi connectivity index (χ2v) is 6.66. The molecule has 0 aliphatic carbocycles. The molecule has 3 rings (SSSR count). The zero-order valence-electron chi connectivity index (χ0n) is 12.1. The van der Waals surface area contributed by atoms with Crippen LogP contribution in [-0.2, 0) is 6.42 Å². The molecule has 2 N–H and O–H groups in total. The van der Waals surface area contributed by atoms with Gasteiger partial charge in [-0.3, -0.25) is 4.40 Å². The summed E-state index contributed by atoms with van der Waals surface area (Å²) in [6.45, 7) is 4.98. The molecule has 0 saturated carbocycles. The molecule has 0 atom stereocenters. The third-order valence-electron chi connectivity index (χ3n) is 3.56.